The number of halogens is 1. The summed E-state index contributed by atoms with van der Waals surface area (Å²) in [6.45, 7) is 1.99. The van der Waals surface area contributed by atoms with Gasteiger partial charge in [-0.05, 0) is 24.6 Å². The molecule has 16 heavy (non-hydrogen) atoms. The first-order valence-corrected chi connectivity index (χ1v) is 5.71. The van der Waals surface area contributed by atoms with Gasteiger partial charge in [0, 0.05) is 24.6 Å². The van der Waals surface area contributed by atoms with Crippen molar-refractivity contribution < 1.29 is 9.47 Å². The van der Waals surface area contributed by atoms with Crippen molar-refractivity contribution in [3.63, 3.8) is 0 Å². The highest BCUT2D eigenvalue weighted by Gasteiger charge is 2.41. The summed E-state index contributed by atoms with van der Waals surface area (Å²) in [5.41, 5.74) is 6.88. The zero-order chi connectivity index (χ0) is 11.7. The predicted molar refractivity (Wildman–Crippen MR) is 64.0 cm³/mol. The van der Waals surface area contributed by atoms with Crippen LogP contribution in [-0.4, -0.2) is 25.4 Å². The summed E-state index contributed by atoms with van der Waals surface area (Å²) in [5, 5.41) is 0.679. The van der Waals surface area contributed by atoms with Crippen LogP contribution in [0.5, 0.6) is 5.75 Å². The van der Waals surface area contributed by atoms with Crippen LogP contribution in [-0.2, 0) is 4.74 Å². The van der Waals surface area contributed by atoms with E-state index in [1.54, 1.807) is 7.11 Å². The topological polar surface area (TPSA) is 44.5 Å². The Hall–Kier alpha value is -0.770. The van der Waals surface area contributed by atoms with E-state index >= 15 is 0 Å². The van der Waals surface area contributed by atoms with Crippen molar-refractivity contribution in [2.45, 2.75) is 31.6 Å². The SMILES string of the molecule is COC1C(N)CC1Oc1cc(Cl)ccc1C. The zero-order valence-electron chi connectivity index (χ0n) is 9.44. The number of benzene rings is 1. The maximum Gasteiger partial charge on any atom is 0.128 e. The minimum absolute atomic E-state index is 0.0154. The molecular formula is C12H16ClNO2. The Morgan fingerprint density at radius 2 is 2.19 bits per heavy atom. The van der Waals surface area contributed by atoms with Crippen LogP contribution in [0.25, 0.3) is 0 Å². The third-order valence-corrected chi connectivity index (χ3v) is 3.23. The van der Waals surface area contributed by atoms with Crippen molar-refractivity contribution in [2.75, 3.05) is 7.11 Å². The summed E-state index contributed by atoms with van der Waals surface area (Å²) in [4.78, 5) is 0. The highest BCUT2D eigenvalue weighted by molar-refractivity contribution is 6.30. The molecule has 1 aromatic rings. The Morgan fingerprint density at radius 3 is 2.81 bits per heavy atom. The normalized spacial score (nSPS) is 28.6. The second kappa shape index (κ2) is 4.62. The van der Waals surface area contributed by atoms with Crippen LogP contribution in [0.1, 0.15) is 12.0 Å². The van der Waals surface area contributed by atoms with E-state index in [-0.39, 0.29) is 18.2 Å². The minimum atomic E-state index is -0.0154. The van der Waals surface area contributed by atoms with Gasteiger partial charge in [0.05, 0.1) is 0 Å². The van der Waals surface area contributed by atoms with E-state index in [9.17, 15) is 0 Å². The van der Waals surface area contributed by atoms with Crippen LogP contribution in [0.3, 0.4) is 0 Å². The highest BCUT2D eigenvalue weighted by Crippen LogP contribution is 2.30. The smallest absolute Gasteiger partial charge is 0.128 e. The summed E-state index contributed by atoms with van der Waals surface area (Å²) in [6.07, 6.45) is 0.848. The molecule has 0 aromatic heterocycles. The Labute approximate surface area is 100 Å². The lowest BCUT2D eigenvalue weighted by Gasteiger charge is -2.41. The number of methoxy groups -OCH3 is 1. The van der Waals surface area contributed by atoms with Gasteiger partial charge in [-0.2, -0.15) is 0 Å². The highest BCUT2D eigenvalue weighted by atomic mass is 35.5. The van der Waals surface area contributed by atoms with E-state index in [0.29, 0.717) is 5.02 Å². The first-order chi connectivity index (χ1) is 7.61. The third-order valence-electron chi connectivity index (χ3n) is 2.99. The van der Waals surface area contributed by atoms with Gasteiger partial charge in [-0.1, -0.05) is 17.7 Å². The third kappa shape index (κ3) is 2.17. The summed E-state index contributed by atoms with van der Waals surface area (Å²) in [6, 6.07) is 5.70. The summed E-state index contributed by atoms with van der Waals surface area (Å²) in [5.74, 6) is 0.812. The average molecular weight is 242 g/mol. The molecule has 0 heterocycles. The molecule has 1 fully saturated rings. The molecule has 3 atom stereocenters. The number of hydrogen-bond donors (Lipinski definition) is 1. The molecular weight excluding hydrogens is 226 g/mol. The van der Waals surface area contributed by atoms with E-state index in [2.05, 4.69) is 0 Å². The predicted octanol–water partition coefficient (Wildman–Crippen LogP) is 2.14. The maximum absolute atomic E-state index is 5.92. The van der Waals surface area contributed by atoms with Crippen molar-refractivity contribution in [2.24, 2.45) is 5.73 Å². The van der Waals surface area contributed by atoms with E-state index in [1.165, 1.54) is 0 Å². The fraction of sp³-hybridized carbons (Fsp3) is 0.500. The van der Waals surface area contributed by atoms with E-state index < -0.39 is 0 Å². The molecule has 3 unspecified atom stereocenters. The number of nitrogens with two attached hydrogens (primary N) is 1. The largest absolute Gasteiger partial charge is 0.487 e. The van der Waals surface area contributed by atoms with Gasteiger partial charge < -0.3 is 15.2 Å². The summed E-state index contributed by atoms with van der Waals surface area (Å²) in [7, 11) is 1.66. The molecule has 1 saturated carbocycles. The van der Waals surface area contributed by atoms with Gasteiger partial charge in [-0.25, -0.2) is 0 Å². The molecule has 0 amide bonds. The molecule has 0 saturated heterocycles. The maximum atomic E-state index is 5.92. The number of hydrogen-bond acceptors (Lipinski definition) is 3. The van der Waals surface area contributed by atoms with Gasteiger partial charge in [0.2, 0.25) is 0 Å². The second-order valence-electron chi connectivity index (χ2n) is 4.17. The Morgan fingerprint density at radius 1 is 1.44 bits per heavy atom. The molecule has 1 aromatic carbocycles. The summed E-state index contributed by atoms with van der Waals surface area (Å²) >= 11 is 5.92. The van der Waals surface area contributed by atoms with Crippen LogP contribution in [0.15, 0.2) is 18.2 Å². The first-order valence-electron chi connectivity index (χ1n) is 5.33. The molecule has 2 N–H and O–H groups in total. The van der Waals surface area contributed by atoms with Gasteiger partial charge in [-0.15, -0.1) is 0 Å². The number of aryl methyl sites for hydroxylation is 1. The monoisotopic (exact) mass is 241 g/mol. The van der Waals surface area contributed by atoms with Crippen molar-refractivity contribution in [3.8, 4) is 5.75 Å². The van der Waals surface area contributed by atoms with Crippen molar-refractivity contribution in [1.29, 1.82) is 0 Å². The Kier molecular flexibility index (Phi) is 3.38. The lowest BCUT2D eigenvalue weighted by atomic mass is 9.86. The fourth-order valence-corrected chi connectivity index (χ4v) is 2.08. The minimum Gasteiger partial charge on any atom is -0.487 e. The molecule has 3 nitrogen and oxygen atoms in total. The van der Waals surface area contributed by atoms with Crippen molar-refractivity contribution in [1.82, 2.24) is 0 Å². The van der Waals surface area contributed by atoms with Crippen LogP contribution < -0.4 is 10.5 Å². The molecule has 0 aliphatic heterocycles. The van der Waals surface area contributed by atoms with Gasteiger partial charge in [0.15, 0.2) is 0 Å². The van der Waals surface area contributed by atoms with Gasteiger partial charge >= 0.3 is 0 Å². The summed E-state index contributed by atoms with van der Waals surface area (Å²) < 4.78 is 11.1. The molecule has 0 bridgehead atoms. The van der Waals surface area contributed by atoms with E-state index in [0.717, 1.165) is 17.7 Å². The standard InChI is InChI=1S/C12H16ClNO2/c1-7-3-4-8(13)5-10(7)16-11-6-9(14)12(11)15-2/h3-5,9,11-12H,6,14H2,1-2H3. The zero-order valence-corrected chi connectivity index (χ0v) is 10.2. The molecule has 1 aliphatic carbocycles. The van der Waals surface area contributed by atoms with Gasteiger partial charge in [0.1, 0.15) is 18.0 Å². The molecule has 88 valence electrons. The number of ether oxygens (including phenoxy) is 2. The lowest BCUT2D eigenvalue weighted by molar-refractivity contribution is -0.0784. The van der Waals surface area contributed by atoms with Crippen LogP contribution in [0.2, 0.25) is 5.02 Å². The van der Waals surface area contributed by atoms with Crippen LogP contribution in [0, 0.1) is 6.92 Å². The van der Waals surface area contributed by atoms with E-state index in [4.69, 9.17) is 26.8 Å². The Bertz CT molecular complexity index is 383. The van der Waals surface area contributed by atoms with E-state index in [1.807, 2.05) is 25.1 Å². The molecule has 1 aliphatic rings. The van der Waals surface area contributed by atoms with Crippen LogP contribution in [0.4, 0.5) is 0 Å². The quantitative estimate of drug-likeness (QED) is 0.882. The number of rotatable bonds is 3. The fourth-order valence-electron chi connectivity index (χ4n) is 1.92. The van der Waals surface area contributed by atoms with Crippen LogP contribution >= 0.6 is 11.6 Å². The van der Waals surface area contributed by atoms with Gasteiger partial charge in [0.25, 0.3) is 0 Å². The van der Waals surface area contributed by atoms with Crippen molar-refractivity contribution in [3.05, 3.63) is 28.8 Å². The van der Waals surface area contributed by atoms with Crippen molar-refractivity contribution >= 4 is 11.6 Å². The second-order valence-corrected chi connectivity index (χ2v) is 4.60. The lowest BCUT2D eigenvalue weighted by Crippen LogP contribution is -2.59. The first kappa shape index (κ1) is 11.7. The molecule has 4 heteroatoms. The molecule has 0 radical (unpaired) electrons. The average Bonchev–Trinajstić information content (AvgIpc) is 2.23. The Balaban J connectivity index is 2.07. The molecule has 0 spiro atoms. The van der Waals surface area contributed by atoms with Gasteiger partial charge in [-0.3, -0.25) is 0 Å². The molecule has 2 rings (SSSR count).